The van der Waals surface area contributed by atoms with Crippen molar-refractivity contribution >= 4 is 0 Å². The quantitative estimate of drug-likeness (QED) is 0.882. The second kappa shape index (κ2) is 6.85. The normalized spacial score (nSPS) is 12.6. The summed E-state index contributed by atoms with van der Waals surface area (Å²) in [4.78, 5) is 0. The third kappa shape index (κ3) is 3.50. The van der Waals surface area contributed by atoms with Gasteiger partial charge < -0.3 is 5.32 Å². The van der Waals surface area contributed by atoms with Crippen LogP contribution in [0.5, 0.6) is 0 Å². The van der Waals surface area contributed by atoms with Crippen LogP contribution in [0.15, 0.2) is 24.4 Å². The summed E-state index contributed by atoms with van der Waals surface area (Å²) in [6.45, 7) is 6.97. The van der Waals surface area contributed by atoms with Gasteiger partial charge in [-0.05, 0) is 43.5 Å². The van der Waals surface area contributed by atoms with Crippen molar-refractivity contribution in [1.29, 1.82) is 0 Å². The molecule has 1 aromatic heterocycles. The predicted octanol–water partition coefficient (Wildman–Crippen LogP) is 3.52. The molecule has 4 heteroatoms. The maximum atomic E-state index is 13.5. The van der Waals surface area contributed by atoms with E-state index < -0.39 is 0 Å². The smallest absolute Gasteiger partial charge is 0.126 e. The fraction of sp³-hybridized carbons (Fsp3) is 0.471. The lowest BCUT2D eigenvalue weighted by atomic mass is 9.96. The minimum Gasteiger partial charge on any atom is -0.306 e. The molecule has 0 bridgehead atoms. The monoisotopic (exact) mass is 289 g/mol. The molecule has 1 heterocycles. The minimum absolute atomic E-state index is 0.0629. The summed E-state index contributed by atoms with van der Waals surface area (Å²) >= 11 is 0. The van der Waals surface area contributed by atoms with Gasteiger partial charge in [-0.1, -0.05) is 26.0 Å². The molecule has 0 saturated heterocycles. The van der Waals surface area contributed by atoms with E-state index in [-0.39, 0.29) is 11.9 Å². The van der Waals surface area contributed by atoms with Crippen LogP contribution in [0.1, 0.15) is 48.7 Å². The number of rotatable bonds is 6. The Bertz CT molecular complexity index is 604. The first-order valence-electron chi connectivity index (χ1n) is 7.58. The van der Waals surface area contributed by atoms with Crippen molar-refractivity contribution in [1.82, 2.24) is 15.1 Å². The van der Waals surface area contributed by atoms with Crippen molar-refractivity contribution < 1.29 is 4.39 Å². The van der Waals surface area contributed by atoms with E-state index in [1.807, 2.05) is 23.9 Å². The third-order valence-electron chi connectivity index (χ3n) is 3.70. The topological polar surface area (TPSA) is 29.9 Å². The van der Waals surface area contributed by atoms with Crippen LogP contribution in [0, 0.1) is 12.7 Å². The van der Waals surface area contributed by atoms with Crippen molar-refractivity contribution in [2.75, 3.05) is 6.54 Å². The Morgan fingerprint density at radius 2 is 2.10 bits per heavy atom. The van der Waals surface area contributed by atoms with Crippen LogP contribution < -0.4 is 5.32 Å². The number of nitrogens with zero attached hydrogens (tertiary/aromatic N) is 2. The van der Waals surface area contributed by atoms with E-state index in [0.717, 1.165) is 30.6 Å². The molecule has 0 aliphatic carbocycles. The molecule has 3 nitrogen and oxygen atoms in total. The number of aryl methyl sites for hydroxylation is 3. The Kier molecular flexibility index (Phi) is 5.12. The molecule has 1 unspecified atom stereocenters. The minimum atomic E-state index is -0.158. The lowest BCUT2D eigenvalue weighted by molar-refractivity contribution is 0.587. The first-order valence-corrected chi connectivity index (χ1v) is 7.58. The van der Waals surface area contributed by atoms with E-state index in [9.17, 15) is 4.39 Å². The van der Waals surface area contributed by atoms with Crippen LogP contribution in [0.3, 0.4) is 0 Å². The number of halogens is 1. The highest BCUT2D eigenvalue weighted by Gasteiger charge is 2.19. The lowest BCUT2D eigenvalue weighted by Gasteiger charge is -2.19. The maximum Gasteiger partial charge on any atom is 0.126 e. The van der Waals surface area contributed by atoms with Gasteiger partial charge in [0.05, 0.1) is 11.7 Å². The summed E-state index contributed by atoms with van der Waals surface area (Å²) in [7, 11) is 1.94. The Labute approximate surface area is 126 Å². The van der Waals surface area contributed by atoms with Crippen LogP contribution in [0.2, 0.25) is 0 Å². The number of aromatic nitrogens is 2. The Morgan fingerprint density at radius 3 is 2.71 bits per heavy atom. The van der Waals surface area contributed by atoms with Gasteiger partial charge in [0.1, 0.15) is 5.82 Å². The zero-order valence-corrected chi connectivity index (χ0v) is 13.3. The molecule has 0 fully saturated rings. The molecule has 0 spiro atoms. The SMILES string of the molecule is CCCNC(c1ccc(F)c(C)c1)c1cn(C)nc1CC. The molecule has 2 rings (SSSR count). The van der Waals surface area contributed by atoms with Gasteiger partial charge in [0.25, 0.3) is 0 Å². The van der Waals surface area contributed by atoms with E-state index in [1.165, 1.54) is 5.56 Å². The van der Waals surface area contributed by atoms with E-state index in [2.05, 4.69) is 30.5 Å². The summed E-state index contributed by atoms with van der Waals surface area (Å²) in [5.41, 5.74) is 4.04. The average molecular weight is 289 g/mol. The molecule has 114 valence electrons. The molecular formula is C17H24FN3. The number of hydrogen-bond donors (Lipinski definition) is 1. The molecule has 0 aliphatic rings. The van der Waals surface area contributed by atoms with E-state index in [4.69, 9.17) is 0 Å². The van der Waals surface area contributed by atoms with Crippen LogP contribution in [-0.2, 0) is 13.5 Å². The molecule has 0 saturated carbocycles. The van der Waals surface area contributed by atoms with Crippen molar-refractivity contribution in [2.45, 2.75) is 39.7 Å². The molecule has 0 radical (unpaired) electrons. The summed E-state index contributed by atoms with van der Waals surface area (Å²) in [6, 6.07) is 5.40. The number of benzene rings is 1. The molecule has 2 aromatic rings. The van der Waals surface area contributed by atoms with Gasteiger partial charge in [-0.15, -0.1) is 0 Å². The van der Waals surface area contributed by atoms with Crippen LogP contribution in [-0.4, -0.2) is 16.3 Å². The van der Waals surface area contributed by atoms with Gasteiger partial charge in [-0.2, -0.15) is 5.10 Å². The zero-order valence-electron chi connectivity index (χ0n) is 13.3. The van der Waals surface area contributed by atoms with Gasteiger partial charge in [0, 0.05) is 18.8 Å². The fourth-order valence-corrected chi connectivity index (χ4v) is 2.61. The molecular weight excluding hydrogens is 265 g/mol. The Hall–Kier alpha value is -1.68. The largest absolute Gasteiger partial charge is 0.306 e. The van der Waals surface area contributed by atoms with E-state index in [1.54, 1.807) is 13.0 Å². The summed E-state index contributed by atoms with van der Waals surface area (Å²) in [6.07, 6.45) is 4.00. The van der Waals surface area contributed by atoms with Crippen LogP contribution >= 0.6 is 0 Å². The highest BCUT2D eigenvalue weighted by atomic mass is 19.1. The zero-order chi connectivity index (χ0) is 15.4. The highest BCUT2D eigenvalue weighted by molar-refractivity contribution is 5.35. The van der Waals surface area contributed by atoms with Gasteiger partial charge in [0.2, 0.25) is 0 Å². The van der Waals surface area contributed by atoms with Gasteiger partial charge in [0.15, 0.2) is 0 Å². The van der Waals surface area contributed by atoms with Crippen molar-refractivity contribution in [2.24, 2.45) is 7.05 Å². The molecule has 0 amide bonds. The summed E-state index contributed by atoms with van der Waals surface area (Å²) < 4.78 is 15.4. The van der Waals surface area contributed by atoms with Crippen LogP contribution in [0.4, 0.5) is 4.39 Å². The molecule has 0 aliphatic heterocycles. The predicted molar refractivity (Wildman–Crippen MR) is 83.9 cm³/mol. The fourth-order valence-electron chi connectivity index (χ4n) is 2.61. The Balaban J connectivity index is 2.43. The average Bonchev–Trinajstić information content (AvgIpc) is 2.84. The molecule has 21 heavy (non-hydrogen) atoms. The third-order valence-corrected chi connectivity index (χ3v) is 3.70. The lowest BCUT2D eigenvalue weighted by Crippen LogP contribution is -2.24. The van der Waals surface area contributed by atoms with E-state index >= 15 is 0 Å². The van der Waals surface area contributed by atoms with Gasteiger partial charge in [-0.3, -0.25) is 4.68 Å². The van der Waals surface area contributed by atoms with Crippen molar-refractivity contribution in [3.05, 3.63) is 52.6 Å². The number of hydrogen-bond acceptors (Lipinski definition) is 2. The summed E-state index contributed by atoms with van der Waals surface area (Å²) in [5.74, 6) is -0.158. The standard InChI is InChI=1S/C17H24FN3/c1-5-9-19-17(13-7-8-15(18)12(3)10-13)14-11-21(4)20-16(14)6-2/h7-8,10-11,17,19H,5-6,9H2,1-4H3. The Morgan fingerprint density at radius 1 is 1.33 bits per heavy atom. The van der Waals surface area contributed by atoms with Crippen LogP contribution in [0.25, 0.3) is 0 Å². The molecule has 1 atom stereocenters. The highest BCUT2D eigenvalue weighted by Crippen LogP contribution is 2.26. The van der Waals surface area contributed by atoms with Gasteiger partial charge in [-0.25, -0.2) is 4.39 Å². The van der Waals surface area contributed by atoms with Crippen molar-refractivity contribution in [3.63, 3.8) is 0 Å². The second-order valence-electron chi connectivity index (χ2n) is 5.45. The van der Waals surface area contributed by atoms with E-state index in [0.29, 0.717) is 5.56 Å². The first kappa shape index (κ1) is 15.7. The van der Waals surface area contributed by atoms with Crippen molar-refractivity contribution in [3.8, 4) is 0 Å². The maximum absolute atomic E-state index is 13.5. The summed E-state index contributed by atoms with van der Waals surface area (Å²) in [5, 5.41) is 8.09. The van der Waals surface area contributed by atoms with Gasteiger partial charge >= 0.3 is 0 Å². The molecule has 1 aromatic carbocycles. The molecule has 1 N–H and O–H groups in total. The second-order valence-corrected chi connectivity index (χ2v) is 5.45. The first-order chi connectivity index (χ1) is 10.1. The number of nitrogens with one attached hydrogen (secondary N) is 1.